The topological polar surface area (TPSA) is 99.9 Å². The number of carbonyl (C=O) groups excluding carboxylic acids is 2. The van der Waals surface area contributed by atoms with E-state index >= 15 is 0 Å². The van der Waals surface area contributed by atoms with Crippen LogP contribution in [-0.2, 0) is 26.2 Å². The largest absolute Gasteiger partial charge is 0.467 e. The maximum absolute atomic E-state index is 13.1. The summed E-state index contributed by atoms with van der Waals surface area (Å²) in [4.78, 5) is 27.3. The van der Waals surface area contributed by atoms with Gasteiger partial charge in [-0.1, -0.05) is 0 Å². The number of thioether (sulfide) groups is 1. The predicted octanol–water partition coefficient (Wildman–Crippen LogP) is 2.77. The summed E-state index contributed by atoms with van der Waals surface area (Å²) in [6.45, 7) is 2.76. The number of nitrogens with one attached hydrogen (secondary N) is 1. The smallest absolute Gasteiger partial charge is 0.243 e. The summed E-state index contributed by atoms with van der Waals surface area (Å²) in [5.74, 6) is 0.358. The Bertz CT molecular complexity index is 1080. The molecule has 1 aromatic heterocycles. The molecule has 166 valence electrons. The molecule has 2 aliphatic rings. The summed E-state index contributed by atoms with van der Waals surface area (Å²) < 4.78 is 33.0. The molecule has 0 radical (unpaired) electrons. The second-order valence-electron chi connectivity index (χ2n) is 7.86. The first kappa shape index (κ1) is 21.9. The number of furan rings is 1. The summed E-state index contributed by atoms with van der Waals surface area (Å²) in [6.07, 6.45) is 2.51. The van der Waals surface area contributed by atoms with Crippen LogP contribution in [0.4, 0.5) is 5.69 Å². The van der Waals surface area contributed by atoms with Crippen molar-refractivity contribution < 1.29 is 22.4 Å². The van der Waals surface area contributed by atoms with Crippen LogP contribution in [0, 0.1) is 5.92 Å². The van der Waals surface area contributed by atoms with Crippen molar-refractivity contribution in [1.82, 2.24) is 9.21 Å². The summed E-state index contributed by atoms with van der Waals surface area (Å²) in [7, 11) is -1.97. The number of nitrogens with zero attached hydrogens (tertiary/aromatic N) is 2. The molecule has 0 saturated carbocycles. The molecule has 2 aliphatic heterocycles. The van der Waals surface area contributed by atoms with Gasteiger partial charge in [0.15, 0.2) is 0 Å². The fourth-order valence-corrected chi connectivity index (χ4v) is 6.29. The molecule has 10 heteroatoms. The maximum Gasteiger partial charge on any atom is 0.243 e. The molecule has 0 aliphatic carbocycles. The van der Waals surface area contributed by atoms with E-state index in [4.69, 9.17) is 4.42 Å². The maximum atomic E-state index is 13.1. The molecule has 1 N–H and O–H groups in total. The third-order valence-corrected chi connectivity index (χ3v) is 8.74. The summed E-state index contributed by atoms with van der Waals surface area (Å²) in [5.41, 5.74) is 0.527. The van der Waals surface area contributed by atoms with E-state index < -0.39 is 10.0 Å². The first-order valence-electron chi connectivity index (χ1n) is 10.1. The summed E-state index contributed by atoms with van der Waals surface area (Å²) in [6, 6.07) is 8.44. The number of rotatable bonds is 5. The van der Waals surface area contributed by atoms with Gasteiger partial charge in [-0.2, -0.15) is 4.31 Å². The van der Waals surface area contributed by atoms with Crippen LogP contribution in [0.1, 0.15) is 25.5 Å². The summed E-state index contributed by atoms with van der Waals surface area (Å²) in [5, 5.41) is 2.57. The van der Waals surface area contributed by atoms with E-state index in [1.807, 2.05) is 13.0 Å². The van der Waals surface area contributed by atoms with Crippen molar-refractivity contribution in [3.8, 4) is 0 Å². The molecule has 1 aromatic carbocycles. The average molecular weight is 464 g/mol. The molecule has 1 atom stereocenters. The van der Waals surface area contributed by atoms with Gasteiger partial charge in [-0.3, -0.25) is 9.59 Å². The van der Waals surface area contributed by atoms with E-state index in [1.54, 1.807) is 36.4 Å². The molecule has 4 rings (SSSR count). The van der Waals surface area contributed by atoms with Gasteiger partial charge >= 0.3 is 0 Å². The third-order valence-electron chi connectivity index (χ3n) is 5.67. The highest BCUT2D eigenvalue weighted by atomic mass is 32.2. The van der Waals surface area contributed by atoms with Crippen molar-refractivity contribution >= 4 is 39.3 Å². The molecular formula is C21H25N3O5S2. The lowest BCUT2D eigenvalue weighted by Crippen LogP contribution is -2.43. The van der Waals surface area contributed by atoms with E-state index in [0.29, 0.717) is 30.8 Å². The van der Waals surface area contributed by atoms with Gasteiger partial charge in [-0.15, -0.1) is 11.8 Å². The minimum absolute atomic E-state index is 0.00362. The van der Waals surface area contributed by atoms with E-state index in [-0.39, 0.29) is 41.0 Å². The molecule has 1 fully saturated rings. The Morgan fingerprint density at radius 3 is 2.71 bits per heavy atom. The van der Waals surface area contributed by atoms with Gasteiger partial charge in [0.05, 0.1) is 28.6 Å². The zero-order valence-corrected chi connectivity index (χ0v) is 19.0. The zero-order valence-electron chi connectivity index (χ0n) is 17.4. The Balaban J connectivity index is 1.40. The first-order chi connectivity index (χ1) is 14.8. The number of hydrogen-bond acceptors (Lipinski definition) is 6. The van der Waals surface area contributed by atoms with Crippen LogP contribution in [0.5, 0.6) is 0 Å². The highest BCUT2D eigenvalue weighted by molar-refractivity contribution is 8.01. The van der Waals surface area contributed by atoms with Crippen LogP contribution < -0.4 is 5.32 Å². The third kappa shape index (κ3) is 4.51. The van der Waals surface area contributed by atoms with Crippen LogP contribution >= 0.6 is 11.8 Å². The number of carbonyl (C=O) groups is 2. The monoisotopic (exact) mass is 463 g/mol. The van der Waals surface area contributed by atoms with Crippen molar-refractivity contribution in [2.75, 3.05) is 25.5 Å². The Morgan fingerprint density at radius 2 is 2.03 bits per heavy atom. The highest BCUT2D eigenvalue weighted by Crippen LogP contribution is 2.37. The molecule has 0 unspecified atom stereocenters. The molecule has 2 amide bonds. The van der Waals surface area contributed by atoms with Crippen LogP contribution in [-0.4, -0.2) is 54.8 Å². The Hall–Kier alpha value is -2.30. The quantitative estimate of drug-likeness (QED) is 0.732. The van der Waals surface area contributed by atoms with Gasteiger partial charge < -0.3 is 14.6 Å². The Morgan fingerprint density at radius 1 is 1.29 bits per heavy atom. The molecule has 0 bridgehead atoms. The van der Waals surface area contributed by atoms with E-state index in [9.17, 15) is 18.0 Å². The first-order valence-corrected chi connectivity index (χ1v) is 12.5. The minimum atomic E-state index is -3.70. The normalized spacial score (nSPS) is 20.2. The van der Waals surface area contributed by atoms with Gasteiger partial charge in [-0.05, 0) is 50.1 Å². The fourth-order valence-electron chi connectivity index (χ4n) is 3.87. The molecule has 3 heterocycles. The second-order valence-corrected chi connectivity index (χ2v) is 11.2. The molecule has 0 spiro atoms. The Labute approximate surface area is 186 Å². The zero-order chi connectivity index (χ0) is 22.2. The SMILES string of the molecule is C[C@@H]1Sc2ccc(S(=O)(=O)N3CCC(C(=O)N(C)Cc4ccco4)CC3)cc2NC1=O. The van der Waals surface area contributed by atoms with Gasteiger partial charge in [0, 0.05) is 31.0 Å². The van der Waals surface area contributed by atoms with Crippen LogP contribution in [0.25, 0.3) is 0 Å². The molecule has 1 saturated heterocycles. The lowest BCUT2D eigenvalue weighted by Gasteiger charge is -2.32. The van der Waals surface area contributed by atoms with Crippen molar-refractivity contribution in [3.63, 3.8) is 0 Å². The fraction of sp³-hybridized carbons (Fsp3) is 0.429. The van der Waals surface area contributed by atoms with Gasteiger partial charge in [0.2, 0.25) is 21.8 Å². The predicted molar refractivity (Wildman–Crippen MR) is 117 cm³/mol. The number of amides is 2. The van der Waals surface area contributed by atoms with Gasteiger partial charge in [-0.25, -0.2) is 8.42 Å². The van der Waals surface area contributed by atoms with Gasteiger partial charge in [0.1, 0.15) is 5.76 Å². The Kier molecular flexibility index (Phi) is 6.14. The molecular weight excluding hydrogens is 438 g/mol. The van der Waals surface area contributed by atoms with Crippen molar-refractivity contribution in [2.45, 2.75) is 41.4 Å². The van der Waals surface area contributed by atoms with E-state index in [2.05, 4.69) is 5.32 Å². The van der Waals surface area contributed by atoms with Gasteiger partial charge in [0.25, 0.3) is 0 Å². The van der Waals surface area contributed by atoms with Crippen molar-refractivity contribution in [1.29, 1.82) is 0 Å². The number of anilines is 1. The van der Waals surface area contributed by atoms with Crippen LogP contribution in [0.15, 0.2) is 50.8 Å². The van der Waals surface area contributed by atoms with E-state index in [1.165, 1.54) is 22.1 Å². The van der Waals surface area contributed by atoms with E-state index in [0.717, 1.165) is 4.90 Å². The lowest BCUT2D eigenvalue weighted by atomic mass is 9.96. The summed E-state index contributed by atoms with van der Waals surface area (Å²) >= 11 is 1.41. The number of benzene rings is 1. The second kappa shape index (κ2) is 8.68. The molecule has 2 aromatic rings. The standard InChI is InChI=1S/C21H25N3O5S2/c1-14-20(25)22-18-12-17(5-6-19(18)30-14)31(27,28)24-9-7-15(8-10-24)21(26)23(2)13-16-4-3-11-29-16/h3-6,11-12,14-15H,7-10,13H2,1-2H3,(H,22,25)/t14-/m0/s1. The van der Waals surface area contributed by atoms with Crippen LogP contribution in [0.2, 0.25) is 0 Å². The number of hydrogen-bond donors (Lipinski definition) is 1. The average Bonchev–Trinajstić information content (AvgIpc) is 3.26. The number of sulfonamides is 1. The van der Waals surface area contributed by atoms with Crippen molar-refractivity contribution in [3.05, 3.63) is 42.4 Å². The number of piperidine rings is 1. The van der Waals surface area contributed by atoms with Crippen LogP contribution in [0.3, 0.4) is 0 Å². The molecule has 31 heavy (non-hydrogen) atoms. The van der Waals surface area contributed by atoms with Crippen molar-refractivity contribution in [2.24, 2.45) is 5.92 Å². The molecule has 8 nitrogen and oxygen atoms in total. The minimum Gasteiger partial charge on any atom is -0.467 e. The lowest BCUT2D eigenvalue weighted by molar-refractivity contribution is -0.136. The highest BCUT2D eigenvalue weighted by Gasteiger charge is 2.34. The number of fused-ring (bicyclic) bond motifs is 1.